The lowest BCUT2D eigenvalue weighted by atomic mass is 10.0. The van der Waals surface area contributed by atoms with E-state index in [4.69, 9.17) is 9.05 Å². The number of amides is 1. The number of unbranched alkanes of at least 4 members (excludes halogenated alkanes) is 22. The van der Waals surface area contributed by atoms with Gasteiger partial charge in [-0.05, 0) is 70.6 Å². The number of aliphatic hydroxyl groups is 1. The monoisotopic (exact) mass is 890 g/mol. The molecule has 0 aromatic heterocycles. The minimum Gasteiger partial charge on any atom is -0.387 e. The molecule has 0 heterocycles. The maximum absolute atomic E-state index is 12.9. The van der Waals surface area contributed by atoms with E-state index in [1.165, 1.54) is 116 Å². The van der Waals surface area contributed by atoms with Gasteiger partial charge in [0.05, 0.1) is 39.9 Å². The summed E-state index contributed by atoms with van der Waals surface area (Å²) >= 11 is 0. The summed E-state index contributed by atoms with van der Waals surface area (Å²) in [5.41, 5.74) is 0. The van der Waals surface area contributed by atoms with Gasteiger partial charge in [-0.25, -0.2) is 4.57 Å². The van der Waals surface area contributed by atoms with Crippen molar-refractivity contribution in [3.63, 3.8) is 0 Å². The van der Waals surface area contributed by atoms with Crippen molar-refractivity contribution in [1.29, 1.82) is 0 Å². The molecular formula is C53H98N2O6P+. The van der Waals surface area contributed by atoms with Crippen LogP contribution in [0.1, 0.15) is 206 Å². The molecule has 0 bridgehead atoms. The molecule has 0 saturated heterocycles. The summed E-state index contributed by atoms with van der Waals surface area (Å²) in [5, 5.41) is 13.8. The van der Waals surface area contributed by atoms with E-state index < -0.39 is 20.0 Å². The lowest BCUT2D eigenvalue weighted by molar-refractivity contribution is -0.870. The van der Waals surface area contributed by atoms with Gasteiger partial charge in [0, 0.05) is 6.42 Å². The van der Waals surface area contributed by atoms with Crippen molar-refractivity contribution in [2.45, 2.75) is 219 Å². The topological polar surface area (TPSA) is 105 Å². The standard InChI is InChI=1S/C53H97N2O6P/c1-6-8-10-12-14-16-18-20-21-22-23-24-25-26-27-28-29-30-31-32-33-35-37-39-41-43-45-47-53(57)54-51(50-61-62(58,59)60-49-48-55(3,4)5)52(56)46-44-42-40-38-36-34-19-17-15-13-11-9-7-2/h14,16,20-21,23-24,26-27,29-30,44,46,51-52,56H,6-13,15,17-19,22,25,28,31-43,45,47-50H2,1-5H3,(H-,54,57,58,59)/p+1/b16-14-,21-20-,24-23-,27-26-,30-29-,46-44+. The van der Waals surface area contributed by atoms with Crippen LogP contribution in [-0.4, -0.2) is 73.4 Å². The maximum atomic E-state index is 12.9. The van der Waals surface area contributed by atoms with Gasteiger partial charge in [0.1, 0.15) is 13.2 Å². The molecule has 0 fully saturated rings. The Labute approximate surface area is 383 Å². The van der Waals surface area contributed by atoms with Crippen molar-refractivity contribution in [1.82, 2.24) is 5.32 Å². The Morgan fingerprint density at radius 3 is 1.37 bits per heavy atom. The van der Waals surface area contributed by atoms with Crippen molar-refractivity contribution in [2.24, 2.45) is 0 Å². The van der Waals surface area contributed by atoms with Crippen molar-refractivity contribution in [2.75, 3.05) is 40.9 Å². The van der Waals surface area contributed by atoms with Crippen LogP contribution in [0.2, 0.25) is 0 Å². The number of allylic oxidation sites excluding steroid dienone is 11. The smallest absolute Gasteiger partial charge is 0.387 e. The SMILES string of the molecule is CCCCC/C=C\C/C=C\C/C=C\C/C=C\C/C=C\CCCCCCCCCCC(=O)NC(COP(=O)(O)OCC[N+](C)(C)C)C(O)/C=C/CCCCCCCCCCCCC. The zero-order valence-electron chi connectivity index (χ0n) is 40.8. The quantitative estimate of drug-likeness (QED) is 0.0243. The Morgan fingerprint density at radius 1 is 0.548 bits per heavy atom. The summed E-state index contributed by atoms with van der Waals surface area (Å²) in [6.07, 6.45) is 59.7. The molecule has 0 aromatic rings. The minimum absolute atomic E-state index is 0.0564. The fraction of sp³-hybridized carbons (Fsp3) is 0.755. The van der Waals surface area contributed by atoms with E-state index in [2.05, 4.69) is 79.9 Å². The summed E-state index contributed by atoms with van der Waals surface area (Å²) in [5.74, 6) is -0.189. The molecule has 8 nitrogen and oxygen atoms in total. The number of likely N-dealkylation sites (N-methyl/N-ethyl adjacent to an activating group) is 1. The van der Waals surface area contributed by atoms with Gasteiger partial charge in [-0.3, -0.25) is 13.8 Å². The number of hydrogen-bond donors (Lipinski definition) is 3. The number of nitrogens with one attached hydrogen (secondary N) is 1. The number of hydrogen-bond acceptors (Lipinski definition) is 5. The number of nitrogens with zero attached hydrogens (tertiary/aromatic N) is 1. The summed E-state index contributed by atoms with van der Waals surface area (Å²) in [4.78, 5) is 23.2. The fourth-order valence-corrected chi connectivity index (χ4v) is 7.62. The highest BCUT2D eigenvalue weighted by atomic mass is 31.2. The van der Waals surface area contributed by atoms with Crippen molar-refractivity contribution in [3.8, 4) is 0 Å². The summed E-state index contributed by atoms with van der Waals surface area (Å²) in [7, 11) is 1.56. The average molecular weight is 890 g/mol. The van der Waals surface area contributed by atoms with Gasteiger partial charge in [0.25, 0.3) is 0 Å². The zero-order valence-corrected chi connectivity index (χ0v) is 41.7. The number of phosphoric acid groups is 1. The van der Waals surface area contributed by atoms with E-state index in [-0.39, 0.29) is 19.1 Å². The van der Waals surface area contributed by atoms with E-state index in [1.54, 1.807) is 6.08 Å². The summed E-state index contributed by atoms with van der Waals surface area (Å²) < 4.78 is 23.6. The van der Waals surface area contributed by atoms with Gasteiger partial charge >= 0.3 is 7.82 Å². The molecule has 0 aliphatic heterocycles. The Kier molecular flexibility index (Phi) is 42.7. The predicted octanol–water partition coefficient (Wildman–Crippen LogP) is 14.8. The maximum Gasteiger partial charge on any atom is 0.472 e. The molecule has 62 heavy (non-hydrogen) atoms. The molecular weight excluding hydrogens is 792 g/mol. The largest absolute Gasteiger partial charge is 0.472 e. The number of carbonyl (C=O) groups is 1. The molecule has 0 spiro atoms. The zero-order chi connectivity index (χ0) is 45.7. The van der Waals surface area contributed by atoms with Crippen LogP contribution in [-0.2, 0) is 18.4 Å². The highest BCUT2D eigenvalue weighted by molar-refractivity contribution is 7.47. The van der Waals surface area contributed by atoms with E-state index in [1.807, 2.05) is 27.2 Å². The van der Waals surface area contributed by atoms with Gasteiger partial charge in [-0.15, -0.1) is 0 Å². The number of aliphatic hydroxyl groups excluding tert-OH is 1. The Balaban J connectivity index is 4.28. The number of rotatable bonds is 45. The van der Waals surface area contributed by atoms with E-state index >= 15 is 0 Å². The third-order valence-electron chi connectivity index (χ3n) is 10.9. The van der Waals surface area contributed by atoms with Crippen LogP contribution < -0.4 is 5.32 Å². The Bertz CT molecular complexity index is 1240. The number of quaternary nitrogens is 1. The molecule has 0 rings (SSSR count). The normalized spacial score (nSPS) is 14.8. The Morgan fingerprint density at radius 2 is 0.919 bits per heavy atom. The van der Waals surface area contributed by atoms with E-state index in [0.717, 1.165) is 70.6 Å². The third kappa shape index (κ3) is 45.9. The van der Waals surface area contributed by atoms with Crippen LogP contribution in [0, 0.1) is 0 Å². The number of carbonyl (C=O) groups excluding carboxylic acids is 1. The second kappa shape index (κ2) is 44.2. The first-order chi connectivity index (χ1) is 30.0. The van der Waals surface area contributed by atoms with Crippen LogP contribution in [0.25, 0.3) is 0 Å². The molecule has 0 aliphatic rings. The first kappa shape index (κ1) is 59.9. The summed E-state index contributed by atoms with van der Waals surface area (Å²) in [6.45, 7) is 4.76. The van der Waals surface area contributed by atoms with Crippen LogP contribution in [0.5, 0.6) is 0 Å². The second-order valence-electron chi connectivity index (χ2n) is 18.2. The van der Waals surface area contributed by atoms with Gasteiger partial charge in [-0.2, -0.15) is 0 Å². The van der Waals surface area contributed by atoms with Crippen LogP contribution in [0.4, 0.5) is 0 Å². The van der Waals surface area contributed by atoms with E-state index in [0.29, 0.717) is 17.4 Å². The highest BCUT2D eigenvalue weighted by Crippen LogP contribution is 2.43. The van der Waals surface area contributed by atoms with Gasteiger partial charge in [0.2, 0.25) is 5.91 Å². The first-order valence-corrected chi connectivity index (χ1v) is 26.8. The summed E-state index contributed by atoms with van der Waals surface area (Å²) in [6, 6.07) is -0.854. The third-order valence-corrected chi connectivity index (χ3v) is 11.9. The van der Waals surface area contributed by atoms with Crippen LogP contribution in [0.15, 0.2) is 72.9 Å². The second-order valence-corrected chi connectivity index (χ2v) is 19.6. The van der Waals surface area contributed by atoms with Gasteiger partial charge in [0.15, 0.2) is 0 Å². The van der Waals surface area contributed by atoms with Crippen molar-refractivity contribution in [3.05, 3.63) is 72.9 Å². The molecule has 0 radical (unpaired) electrons. The minimum atomic E-state index is -4.35. The van der Waals surface area contributed by atoms with Gasteiger partial charge in [-0.1, -0.05) is 202 Å². The lowest BCUT2D eigenvalue weighted by Crippen LogP contribution is -2.45. The van der Waals surface area contributed by atoms with Crippen LogP contribution in [0.3, 0.4) is 0 Å². The molecule has 3 unspecified atom stereocenters. The molecule has 9 heteroatoms. The lowest BCUT2D eigenvalue weighted by Gasteiger charge is -2.25. The molecule has 360 valence electrons. The number of phosphoric ester groups is 1. The van der Waals surface area contributed by atoms with Crippen LogP contribution >= 0.6 is 7.82 Å². The molecule has 3 atom stereocenters. The Hall–Kier alpha value is -2.06. The average Bonchev–Trinajstić information content (AvgIpc) is 3.23. The molecule has 3 N–H and O–H groups in total. The molecule has 0 aliphatic carbocycles. The molecule has 0 saturated carbocycles. The fourth-order valence-electron chi connectivity index (χ4n) is 6.88. The predicted molar refractivity (Wildman–Crippen MR) is 267 cm³/mol. The van der Waals surface area contributed by atoms with Crippen molar-refractivity contribution >= 4 is 13.7 Å². The molecule has 0 aromatic carbocycles. The highest BCUT2D eigenvalue weighted by Gasteiger charge is 2.27. The molecule has 1 amide bonds. The first-order valence-electron chi connectivity index (χ1n) is 25.3. The van der Waals surface area contributed by atoms with Crippen molar-refractivity contribution < 1.29 is 32.9 Å². The van der Waals surface area contributed by atoms with E-state index in [9.17, 15) is 19.4 Å². The van der Waals surface area contributed by atoms with Gasteiger partial charge < -0.3 is 19.8 Å².